The van der Waals surface area contributed by atoms with Crippen molar-refractivity contribution in [3.05, 3.63) is 0 Å². The molecule has 1 fully saturated rings. The number of nitrogens with two attached hydrogens (primary N) is 2. The lowest BCUT2D eigenvalue weighted by atomic mass is 9.98. The Balaban J connectivity index is 2.21. The molecule has 1 saturated carbocycles. The maximum Gasteiger partial charge on any atom is 0.312 e. The first kappa shape index (κ1) is 11.8. The molecule has 0 saturated heterocycles. The predicted octanol–water partition coefficient (Wildman–Crippen LogP) is -0.958. The topological polar surface area (TPSA) is 110 Å². The SMILES string of the molecule is NC(=O)NCCNC(=O)C1(N)CCCC1. The van der Waals surface area contributed by atoms with Gasteiger partial charge in [-0.25, -0.2) is 4.79 Å². The molecular weight excluding hydrogens is 196 g/mol. The molecule has 0 aliphatic heterocycles. The maximum absolute atomic E-state index is 11.6. The van der Waals surface area contributed by atoms with Crippen molar-refractivity contribution in [2.75, 3.05) is 13.1 Å². The number of hydrogen-bond acceptors (Lipinski definition) is 3. The van der Waals surface area contributed by atoms with E-state index in [2.05, 4.69) is 10.6 Å². The van der Waals surface area contributed by atoms with Crippen LogP contribution in [0.4, 0.5) is 4.79 Å². The lowest BCUT2D eigenvalue weighted by molar-refractivity contribution is -0.126. The van der Waals surface area contributed by atoms with E-state index >= 15 is 0 Å². The Labute approximate surface area is 88.8 Å². The van der Waals surface area contributed by atoms with Gasteiger partial charge in [0.25, 0.3) is 0 Å². The van der Waals surface area contributed by atoms with Gasteiger partial charge in [0.05, 0.1) is 5.54 Å². The third-order valence-electron chi connectivity index (χ3n) is 2.66. The highest BCUT2D eigenvalue weighted by Crippen LogP contribution is 2.26. The van der Waals surface area contributed by atoms with Crippen molar-refractivity contribution in [3.63, 3.8) is 0 Å². The van der Waals surface area contributed by atoms with E-state index in [4.69, 9.17) is 11.5 Å². The molecule has 6 N–H and O–H groups in total. The van der Waals surface area contributed by atoms with Crippen LogP contribution < -0.4 is 22.1 Å². The Hall–Kier alpha value is -1.30. The highest BCUT2D eigenvalue weighted by Gasteiger charge is 2.36. The van der Waals surface area contributed by atoms with Crippen LogP contribution >= 0.6 is 0 Å². The molecule has 0 heterocycles. The van der Waals surface area contributed by atoms with Crippen LogP contribution in [0.1, 0.15) is 25.7 Å². The Morgan fingerprint density at radius 1 is 1.13 bits per heavy atom. The zero-order valence-electron chi connectivity index (χ0n) is 8.71. The van der Waals surface area contributed by atoms with Crippen molar-refractivity contribution >= 4 is 11.9 Å². The molecule has 6 nitrogen and oxygen atoms in total. The lowest BCUT2D eigenvalue weighted by Gasteiger charge is -2.22. The normalized spacial score (nSPS) is 18.5. The molecule has 0 aromatic carbocycles. The van der Waals surface area contributed by atoms with Crippen molar-refractivity contribution in [3.8, 4) is 0 Å². The lowest BCUT2D eigenvalue weighted by Crippen LogP contribution is -2.53. The zero-order valence-corrected chi connectivity index (χ0v) is 8.71. The molecule has 0 aromatic heterocycles. The van der Waals surface area contributed by atoms with Crippen molar-refractivity contribution in [2.45, 2.75) is 31.2 Å². The summed E-state index contributed by atoms with van der Waals surface area (Å²) in [5.74, 6) is -0.133. The largest absolute Gasteiger partial charge is 0.353 e. The molecule has 1 rings (SSSR count). The van der Waals surface area contributed by atoms with Crippen LogP contribution in [-0.2, 0) is 4.79 Å². The highest BCUT2D eigenvalue weighted by molar-refractivity contribution is 5.86. The fraction of sp³-hybridized carbons (Fsp3) is 0.778. The van der Waals surface area contributed by atoms with E-state index in [0.29, 0.717) is 13.1 Å². The molecule has 86 valence electrons. The van der Waals surface area contributed by atoms with E-state index in [1.165, 1.54) is 0 Å². The average Bonchev–Trinajstić information content (AvgIpc) is 2.60. The first-order valence-corrected chi connectivity index (χ1v) is 5.15. The first-order chi connectivity index (χ1) is 7.04. The number of nitrogens with one attached hydrogen (secondary N) is 2. The molecule has 0 bridgehead atoms. The molecular formula is C9H18N4O2. The summed E-state index contributed by atoms with van der Waals surface area (Å²) in [5, 5.41) is 5.07. The molecule has 0 atom stereocenters. The van der Waals surface area contributed by atoms with Crippen molar-refractivity contribution in [1.82, 2.24) is 10.6 Å². The van der Waals surface area contributed by atoms with Crippen LogP contribution in [0.15, 0.2) is 0 Å². The predicted molar refractivity (Wildman–Crippen MR) is 56.0 cm³/mol. The van der Waals surface area contributed by atoms with Crippen LogP contribution in [0, 0.1) is 0 Å². The van der Waals surface area contributed by atoms with Gasteiger partial charge in [-0.05, 0) is 12.8 Å². The second-order valence-electron chi connectivity index (χ2n) is 3.91. The van der Waals surface area contributed by atoms with Crippen LogP contribution in [0.3, 0.4) is 0 Å². The van der Waals surface area contributed by atoms with Crippen LogP contribution in [0.25, 0.3) is 0 Å². The monoisotopic (exact) mass is 214 g/mol. The third-order valence-corrected chi connectivity index (χ3v) is 2.66. The van der Waals surface area contributed by atoms with E-state index in [-0.39, 0.29) is 5.91 Å². The van der Waals surface area contributed by atoms with Gasteiger partial charge < -0.3 is 22.1 Å². The summed E-state index contributed by atoms with van der Waals surface area (Å²) in [5.41, 5.74) is 10.1. The highest BCUT2D eigenvalue weighted by atomic mass is 16.2. The number of primary amides is 1. The fourth-order valence-corrected chi connectivity index (χ4v) is 1.77. The minimum Gasteiger partial charge on any atom is -0.353 e. The summed E-state index contributed by atoms with van der Waals surface area (Å²) in [6, 6.07) is -0.590. The van der Waals surface area contributed by atoms with Gasteiger partial charge in [0.2, 0.25) is 5.91 Å². The minimum absolute atomic E-state index is 0.133. The minimum atomic E-state index is -0.702. The van der Waals surface area contributed by atoms with Crippen molar-refractivity contribution < 1.29 is 9.59 Å². The number of rotatable bonds is 4. The second kappa shape index (κ2) is 4.97. The number of amides is 3. The zero-order chi connectivity index (χ0) is 11.3. The summed E-state index contributed by atoms with van der Waals surface area (Å²) in [7, 11) is 0. The van der Waals surface area contributed by atoms with Gasteiger partial charge in [-0.3, -0.25) is 4.79 Å². The van der Waals surface area contributed by atoms with Gasteiger partial charge >= 0.3 is 6.03 Å². The molecule has 1 aliphatic rings. The van der Waals surface area contributed by atoms with E-state index in [1.807, 2.05) is 0 Å². The summed E-state index contributed by atoms with van der Waals surface area (Å²) < 4.78 is 0. The molecule has 3 amide bonds. The second-order valence-corrected chi connectivity index (χ2v) is 3.91. The standard InChI is InChI=1S/C9H18N4O2/c10-8(15)13-6-5-12-7(14)9(11)3-1-2-4-9/h1-6,11H2,(H,12,14)(H3,10,13,15). The molecule has 0 unspecified atom stereocenters. The Morgan fingerprint density at radius 3 is 2.20 bits per heavy atom. The van der Waals surface area contributed by atoms with Gasteiger partial charge in [0.1, 0.15) is 0 Å². The Kier molecular flexibility index (Phi) is 3.90. The van der Waals surface area contributed by atoms with Gasteiger partial charge in [-0.2, -0.15) is 0 Å². The van der Waals surface area contributed by atoms with Gasteiger partial charge in [0.15, 0.2) is 0 Å². The third kappa shape index (κ3) is 3.39. The molecule has 0 radical (unpaired) electrons. The number of carbonyl (C=O) groups is 2. The molecule has 15 heavy (non-hydrogen) atoms. The van der Waals surface area contributed by atoms with E-state index < -0.39 is 11.6 Å². The van der Waals surface area contributed by atoms with E-state index in [1.54, 1.807) is 0 Å². The van der Waals surface area contributed by atoms with Crippen LogP contribution in [0.2, 0.25) is 0 Å². The molecule has 1 aliphatic carbocycles. The Morgan fingerprint density at radius 2 is 1.67 bits per heavy atom. The summed E-state index contributed by atoms with van der Waals surface area (Å²) in [6.07, 6.45) is 3.48. The summed E-state index contributed by atoms with van der Waals surface area (Å²) in [4.78, 5) is 22.0. The molecule has 0 spiro atoms. The quantitative estimate of drug-likeness (QED) is 0.452. The summed E-state index contributed by atoms with van der Waals surface area (Å²) in [6.45, 7) is 0.692. The summed E-state index contributed by atoms with van der Waals surface area (Å²) >= 11 is 0. The van der Waals surface area contributed by atoms with Gasteiger partial charge in [-0.15, -0.1) is 0 Å². The number of carbonyl (C=O) groups excluding carboxylic acids is 2. The smallest absolute Gasteiger partial charge is 0.312 e. The van der Waals surface area contributed by atoms with E-state index in [0.717, 1.165) is 25.7 Å². The van der Waals surface area contributed by atoms with Gasteiger partial charge in [0, 0.05) is 13.1 Å². The van der Waals surface area contributed by atoms with Crippen molar-refractivity contribution in [1.29, 1.82) is 0 Å². The number of hydrogen-bond donors (Lipinski definition) is 4. The molecule has 0 aromatic rings. The van der Waals surface area contributed by atoms with E-state index in [9.17, 15) is 9.59 Å². The van der Waals surface area contributed by atoms with Crippen molar-refractivity contribution in [2.24, 2.45) is 11.5 Å². The first-order valence-electron chi connectivity index (χ1n) is 5.15. The Bertz CT molecular complexity index is 248. The molecule has 6 heteroatoms. The number of urea groups is 1. The van der Waals surface area contributed by atoms with Crippen LogP contribution in [-0.4, -0.2) is 30.6 Å². The maximum atomic E-state index is 11.6. The van der Waals surface area contributed by atoms with Gasteiger partial charge in [-0.1, -0.05) is 12.8 Å². The fourth-order valence-electron chi connectivity index (χ4n) is 1.77. The van der Waals surface area contributed by atoms with Crippen LogP contribution in [0.5, 0.6) is 0 Å². The average molecular weight is 214 g/mol.